The third-order valence-electron chi connectivity index (χ3n) is 5.20. The molecule has 0 unspecified atom stereocenters. The first-order valence-corrected chi connectivity index (χ1v) is 9.49. The molecule has 148 valence electrons. The van der Waals surface area contributed by atoms with Crippen molar-refractivity contribution in [1.82, 2.24) is 29.7 Å². The number of halogens is 1. The summed E-state index contributed by atoms with van der Waals surface area (Å²) in [6.45, 7) is 7.05. The number of anilines is 2. The molecule has 8 nitrogen and oxygen atoms in total. The van der Waals surface area contributed by atoms with Gasteiger partial charge < -0.3 is 10.2 Å². The molecule has 9 heteroatoms. The lowest BCUT2D eigenvalue weighted by molar-refractivity contribution is 0.140. The summed E-state index contributed by atoms with van der Waals surface area (Å²) in [5.74, 6) is 2.89. The molecule has 1 N–H and O–H groups in total. The number of hydrogen-bond donors (Lipinski definition) is 1. The Kier molecular flexibility index (Phi) is 4.60. The highest BCUT2D eigenvalue weighted by Gasteiger charge is 2.35. The van der Waals surface area contributed by atoms with Gasteiger partial charge in [0.1, 0.15) is 29.0 Å². The minimum absolute atomic E-state index is 0.238. The fourth-order valence-corrected chi connectivity index (χ4v) is 3.71. The van der Waals surface area contributed by atoms with Crippen LogP contribution in [-0.2, 0) is 7.05 Å². The van der Waals surface area contributed by atoms with Gasteiger partial charge in [0.15, 0.2) is 5.65 Å². The van der Waals surface area contributed by atoms with E-state index in [0.29, 0.717) is 43.4 Å². The average Bonchev–Trinajstić information content (AvgIpc) is 3.00. The van der Waals surface area contributed by atoms with Crippen LogP contribution in [0.2, 0.25) is 0 Å². The summed E-state index contributed by atoms with van der Waals surface area (Å²) < 4.78 is 17.1. The van der Waals surface area contributed by atoms with Gasteiger partial charge in [-0.2, -0.15) is 5.10 Å². The molecule has 0 radical (unpaired) electrons. The minimum Gasteiger partial charge on any atom is -0.367 e. The van der Waals surface area contributed by atoms with Crippen molar-refractivity contribution in [3.05, 3.63) is 29.6 Å². The van der Waals surface area contributed by atoms with Crippen LogP contribution in [0.3, 0.4) is 0 Å². The van der Waals surface area contributed by atoms with Gasteiger partial charge in [0.05, 0.1) is 18.1 Å². The number of nitrogens with zero attached hydrogens (tertiary/aromatic N) is 7. The van der Waals surface area contributed by atoms with Gasteiger partial charge in [-0.1, -0.05) is 0 Å². The zero-order valence-corrected chi connectivity index (χ0v) is 16.7. The zero-order valence-electron chi connectivity index (χ0n) is 16.7. The largest absolute Gasteiger partial charge is 0.367 e. The van der Waals surface area contributed by atoms with Crippen molar-refractivity contribution < 1.29 is 4.39 Å². The van der Waals surface area contributed by atoms with Crippen molar-refractivity contribution in [3.63, 3.8) is 0 Å². The Balaban J connectivity index is 1.45. The van der Waals surface area contributed by atoms with Crippen molar-refractivity contribution in [1.29, 1.82) is 0 Å². The normalized spacial score (nSPS) is 16.5. The molecule has 1 fully saturated rings. The van der Waals surface area contributed by atoms with Crippen LogP contribution in [0.25, 0.3) is 11.0 Å². The molecule has 0 saturated carbocycles. The summed E-state index contributed by atoms with van der Waals surface area (Å²) in [4.78, 5) is 19.8. The molecule has 0 bridgehead atoms. The van der Waals surface area contributed by atoms with E-state index in [1.54, 1.807) is 10.9 Å². The Morgan fingerprint density at radius 3 is 2.50 bits per heavy atom. The molecule has 3 aromatic heterocycles. The Labute approximate surface area is 163 Å². The molecule has 1 aliphatic heterocycles. The highest BCUT2D eigenvalue weighted by Crippen LogP contribution is 2.32. The Morgan fingerprint density at radius 2 is 1.79 bits per heavy atom. The molecule has 0 atom stereocenters. The van der Waals surface area contributed by atoms with Crippen molar-refractivity contribution in [3.8, 4) is 0 Å². The van der Waals surface area contributed by atoms with E-state index < -0.39 is 5.67 Å². The molecule has 4 heterocycles. The molecule has 0 spiro atoms. The Morgan fingerprint density at radius 1 is 1.07 bits per heavy atom. The zero-order chi connectivity index (χ0) is 19.9. The van der Waals surface area contributed by atoms with Gasteiger partial charge in [-0.3, -0.25) is 4.68 Å². The number of alkyl halides is 1. The van der Waals surface area contributed by atoms with Gasteiger partial charge >= 0.3 is 0 Å². The van der Waals surface area contributed by atoms with E-state index in [4.69, 9.17) is 0 Å². The summed E-state index contributed by atoms with van der Waals surface area (Å²) in [7, 11) is 1.86. The van der Waals surface area contributed by atoms with Crippen molar-refractivity contribution in [2.24, 2.45) is 7.05 Å². The van der Waals surface area contributed by atoms with Gasteiger partial charge in [-0.05, 0) is 20.8 Å². The average molecular weight is 384 g/mol. The van der Waals surface area contributed by atoms with E-state index in [-0.39, 0.29) is 6.54 Å². The molecule has 4 rings (SSSR count). The highest BCUT2D eigenvalue weighted by molar-refractivity contribution is 5.87. The van der Waals surface area contributed by atoms with Gasteiger partial charge in [0.2, 0.25) is 0 Å². The molecule has 0 aromatic carbocycles. The predicted molar refractivity (Wildman–Crippen MR) is 106 cm³/mol. The summed E-state index contributed by atoms with van der Waals surface area (Å²) in [6.07, 6.45) is 2.63. The van der Waals surface area contributed by atoms with E-state index in [9.17, 15) is 0 Å². The van der Waals surface area contributed by atoms with Crippen molar-refractivity contribution in [2.75, 3.05) is 29.9 Å². The standard InChI is InChI=1S/C19H25FN8/c1-12-9-16(24-13(2)23-12)21-11-19(20)5-7-28(8-6-19)18-15-10-22-27(4)17(15)25-14(3)26-18/h9-10H,5-8,11H2,1-4H3,(H,21,23,24). The second-order valence-electron chi connectivity index (χ2n) is 7.53. The smallest absolute Gasteiger partial charge is 0.163 e. The van der Waals surface area contributed by atoms with Gasteiger partial charge in [0, 0.05) is 44.7 Å². The summed E-state index contributed by atoms with van der Waals surface area (Å²) in [5.41, 5.74) is 0.396. The lowest BCUT2D eigenvalue weighted by atomic mass is 9.93. The number of aryl methyl sites for hydroxylation is 4. The quantitative estimate of drug-likeness (QED) is 0.740. The molecule has 1 aliphatic rings. The predicted octanol–water partition coefficient (Wildman–Crippen LogP) is 2.50. The second kappa shape index (κ2) is 6.96. The second-order valence-corrected chi connectivity index (χ2v) is 7.53. The highest BCUT2D eigenvalue weighted by atomic mass is 19.1. The van der Waals surface area contributed by atoms with E-state index in [1.807, 2.05) is 33.9 Å². The monoisotopic (exact) mass is 384 g/mol. The summed E-state index contributed by atoms with van der Waals surface area (Å²) in [6, 6.07) is 1.84. The van der Waals surface area contributed by atoms with Crippen LogP contribution < -0.4 is 10.2 Å². The fraction of sp³-hybridized carbons (Fsp3) is 0.526. The molecular formula is C19H25FN8. The number of hydrogen-bond acceptors (Lipinski definition) is 7. The first-order valence-electron chi connectivity index (χ1n) is 9.49. The van der Waals surface area contributed by atoms with Crippen molar-refractivity contribution in [2.45, 2.75) is 39.3 Å². The minimum atomic E-state index is -1.28. The van der Waals surface area contributed by atoms with E-state index in [0.717, 1.165) is 22.5 Å². The topological polar surface area (TPSA) is 84.6 Å². The molecular weight excluding hydrogens is 359 g/mol. The number of nitrogens with one attached hydrogen (secondary N) is 1. The first-order chi connectivity index (χ1) is 13.3. The SMILES string of the molecule is Cc1cc(NCC2(F)CCN(c3nc(C)nc4c3cnn4C)CC2)nc(C)n1. The molecule has 0 amide bonds. The van der Waals surface area contributed by atoms with Crippen LogP contribution in [0.5, 0.6) is 0 Å². The van der Waals surface area contributed by atoms with Crippen LogP contribution >= 0.6 is 0 Å². The van der Waals surface area contributed by atoms with E-state index in [2.05, 4.69) is 35.3 Å². The third-order valence-corrected chi connectivity index (χ3v) is 5.20. The lowest BCUT2D eigenvalue weighted by Gasteiger charge is -2.37. The van der Waals surface area contributed by atoms with Crippen LogP contribution in [-0.4, -0.2) is 55.0 Å². The maximum Gasteiger partial charge on any atom is 0.163 e. The third kappa shape index (κ3) is 3.61. The Hall–Kier alpha value is -2.84. The summed E-state index contributed by atoms with van der Waals surface area (Å²) >= 11 is 0. The molecule has 3 aromatic rings. The fourth-order valence-electron chi connectivity index (χ4n) is 3.71. The first kappa shape index (κ1) is 18.5. The molecule has 28 heavy (non-hydrogen) atoms. The number of piperidine rings is 1. The lowest BCUT2D eigenvalue weighted by Crippen LogP contribution is -2.46. The van der Waals surface area contributed by atoms with E-state index >= 15 is 4.39 Å². The number of aromatic nitrogens is 6. The van der Waals surface area contributed by atoms with Crippen LogP contribution in [0.4, 0.5) is 16.0 Å². The molecule has 1 saturated heterocycles. The van der Waals surface area contributed by atoms with Crippen LogP contribution in [0, 0.1) is 20.8 Å². The molecule has 0 aliphatic carbocycles. The van der Waals surface area contributed by atoms with Gasteiger partial charge in [0.25, 0.3) is 0 Å². The van der Waals surface area contributed by atoms with Crippen LogP contribution in [0.15, 0.2) is 12.3 Å². The van der Waals surface area contributed by atoms with Gasteiger partial charge in [-0.15, -0.1) is 0 Å². The van der Waals surface area contributed by atoms with Crippen LogP contribution in [0.1, 0.15) is 30.2 Å². The van der Waals surface area contributed by atoms with Crippen molar-refractivity contribution >= 4 is 22.7 Å². The van der Waals surface area contributed by atoms with Gasteiger partial charge in [-0.25, -0.2) is 24.3 Å². The maximum atomic E-state index is 15.4. The van der Waals surface area contributed by atoms with E-state index in [1.165, 1.54) is 0 Å². The maximum absolute atomic E-state index is 15.4. The Bertz CT molecular complexity index is 986. The summed E-state index contributed by atoms with van der Waals surface area (Å²) in [5, 5.41) is 8.35. The number of rotatable bonds is 4. The number of fused-ring (bicyclic) bond motifs is 1.